The molecule has 1 N–H and O–H groups in total. The molecule has 0 aromatic heterocycles. The lowest BCUT2D eigenvalue weighted by atomic mass is 10.1. The molecule has 2 aromatic carbocycles. The quantitative estimate of drug-likeness (QED) is 0.398. The molecule has 0 spiro atoms. The third-order valence-electron chi connectivity index (χ3n) is 3.76. The molecule has 132 valence electrons. The molecule has 0 fully saturated rings. The van der Waals surface area contributed by atoms with E-state index in [1.165, 1.54) is 5.56 Å². The van der Waals surface area contributed by atoms with Crippen molar-refractivity contribution in [2.45, 2.75) is 39.0 Å². The summed E-state index contributed by atoms with van der Waals surface area (Å²) in [7, 11) is 0. The van der Waals surface area contributed by atoms with Gasteiger partial charge in [-0.2, -0.15) is 5.10 Å². The van der Waals surface area contributed by atoms with Crippen LogP contribution in [0.1, 0.15) is 43.7 Å². The van der Waals surface area contributed by atoms with E-state index in [9.17, 15) is 4.79 Å². The SMILES string of the molecule is CCCCC(=O)N/N=C/c1ccc(OCCCc2ccccc2)cc1. The average Bonchev–Trinajstić information content (AvgIpc) is 2.65. The fourth-order valence-corrected chi connectivity index (χ4v) is 2.33. The molecule has 0 aliphatic heterocycles. The molecule has 1 amide bonds. The molecule has 0 aliphatic rings. The van der Waals surface area contributed by atoms with Crippen molar-refractivity contribution < 1.29 is 9.53 Å². The Labute approximate surface area is 149 Å². The smallest absolute Gasteiger partial charge is 0.240 e. The van der Waals surface area contributed by atoms with Gasteiger partial charge >= 0.3 is 0 Å². The number of unbranched alkanes of at least 4 members (excludes halogenated alkanes) is 1. The number of hydrogen-bond acceptors (Lipinski definition) is 3. The Morgan fingerprint density at radius 2 is 1.84 bits per heavy atom. The summed E-state index contributed by atoms with van der Waals surface area (Å²) in [5.74, 6) is 0.800. The first kappa shape index (κ1) is 18.7. The number of hydrogen-bond donors (Lipinski definition) is 1. The molecule has 0 saturated heterocycles. The molecule has 2 rings (SSSR count). The third-order valence-corrected chi connectivity index (χ3v) is 3.76. The lowest BCUT2D eigenvalue weighted by Gasteiger charge is -2.06. The van der Waals surface area contributed by atoms with Gasteiger partial charge in [-0.3, -0.25) is 4.79 Å². The van der Waals surface area contributed by atoms with Crippen molar-refractivity contribution >= 4 is 12.1 Å². The molecule has 4 nitrogen and oxygen atoms in total. The van der Waals surface area contributed by atoms with Crippen LogP contribution >= 0.6 is 0 Å². The number of amides is 1. The molecule has 25 heavy (non-hydrogen) atoms. The lowest BCUT2D eigenvalue weighted by molar-refractivity contribution is -0.121. The van der Waals surface area contributed by atoms with Crippen LogP contribution in [0.25, 0.3) is 0 Å². The summed E-state index contributed by atoms with van der Waals surface area (Å²) >= 11 is 0. The molecule has 0 unspecified atom stereocenters. The van der Waals surface area contributed by atoms with E-state index >= 15 is 0 Å². The van der Waals surface area contributed by atoms with Gasteiger partial charge in [0, 0.05) is 6.42 Å². The number of ether oxygens (including phenoxy) is 1. The average molecular weight is 338 g/mol. The zero-order valence-corrected chi connectivity index (χ0v) is 14.8. The van der Waals surface area contributed by atoms with Crippen LogP contribution < -0.4 is 10.2 Å². The normalized spacial score (nSPS) is 10.8. The predicted octanol–water partition coefficient (Wildman–Crippen LogP) is 4.34. The van der Waals surface area contributed by atoms with Crippen molar-refractivity contribution in [1.29, 1.82) is 0 Å². The second-order valence-corrected chi connectivity index (χ2v) is 5.90. The molecule has 0 radical (unpaired) electrons. The highest BCUT2D eigenvalue weighted by molar-refractivity contribution is 5.82. The van der Waals surface area contributed by atoms with Crippen LogP contribution in [0, 0.1) is 0 Å². The molecule has 4 heteroatoms. The van der Waals surface area contributed by atoms with Crippen molar-refractivity contribution in [3.05, 3.63) is 65.7 Å². The molecule has 2 aromatic rings. The van der Waals surface area contributed by atoms with Crippen LogP contribution in [0.15, 0.2) is 59.7 Å². The first-order valence-electron chi connectivity index (χ1n) is 8.86. The Balaban J connectivity index is 1.68. The maximum Gasteiger partial charge on any atom is 0.240 e. The van der Waals surface area contributed by atoms with E-state index in [1.807, 2.05) is 30.3 Å². The number of carbonyl (C=O) groups is 1. The Bertz CT molecular complexity index is 651. The molecule has 0 aliphatic carbocycles. The van der Waals surface area contributed by atoms with Gasteiger partial charge < -0.3 is 4.74 Å². The van der Waals surface area contributed by atoms with Crippen LogP contribution in [0.5, 0.6) is 5.75 Å². The summed E-state index contributed by atoms with van der Waals surface area (Å²) in [6, 6.07) is 18.1. The summed E-state index contributed by atoms with van der Waals surface area (Å²) in [6.07, 6.45) is 6.05. The number of rotatable bonds is 10. The van der Waals surface area contributed by atoms with Crippen molar-refractivity contribution in [2.24, 2.45) is 5.10 Å². The highest BCUT2D eigenvalue weighted by Crippen LogP contribution is 2.12. The molecular formula is C21H26N2O2. The van der Waals surface area contributed by atoms with E-state index in [2.05, 4.69) is 41.7 Å². The van der Waals surface area contributed by atoms with E-state index in [4.69, 9.17) is 4.74 Å². The van der Waals surface area contributed by atoms with Crippen molar-refractivity contribution in [3.8, 4) is 5.75 Å². The summed E-state index contributed by atoms with van der Waals surface area (Å²) in [6.45, 7) is 2.75. The third kappa shape index (κ3) is 7.66. The lowest BCUT2D eigenvalue weighted by Crippen LogP contribution is -2.16. The first-order chi connectivity index (χ1) is 12.3. The molecule has 0 heterocycles. The van der Waals surface area contributed by atoms with Gasteiger partial charge in [0.2, 0.25) is 5.91 Å². The second kappa shape index (κ2) is 11.0. The summed E-state index contributed by atoms with van der Waals surface area (Å²) in [5.41, 5.74) is 4.79. The maximum atomic E-state index is 11.5. The van der Waals surface area contributed by atoms with Crippen LogP contribution in [-0.2, 0) is 11.2 Å². The predicted molar refractivity (Wildman–Crippen MR) is 102 cm³/mol. The van der Waals surface area contributed by atoms with Gasteiger partial charge in [-0.05, 0) is 54.7 Å². The van der Waals surface area contributed by atoms with Crippen molar-refractivity contribution in [2.75, 3.05) is 6.61 Å². The Morgan fingerprint density at radius 1 is 1.08 bits per heavy atom. The number of nitrogens with zero attached hydrogens (tertiary/aromatic N) is 1. The zero-order chi connectivity index (χ0) is 17.7. The number of aryl methyl sites for hydroxylation is 1. The monoisotopic (exact) mass is 338 g/mol. The largest absolute Gasteiger partial charge is 0.494 e. The second-order valence-electron chi connectivity index (χ2n) is 5.90. The summed E-state index contributed by atoms with van der Waals surface area (Å²) in [4.78, 5) is 11.5. The minimum Gasteiger partial charge on any atom is -0.494 e. The van der Waals surface area contributed by atoms with Gasteiger partial charge in [0.05, 0.1) is 12.8 Å². The molecule has 0 bridgehead atoms. The number of benzene rings is 2. The number of hydrazone groups is 1. The van der Waals surface area contributed by atoms with Gasteiger partial charge in [-0.15, -0.1) is 0 Å². The zero-order valence-electron chi connectivity index (χ0n) is 14.8. The van der Waals surface area contributed by atoms with Crippen LogP contribution in [0.2, 0.25) is 0 Å². The Hall–Kier alpha value is -2.62. The standard InChI is InChI=1S/C21H26N2O2/c1-2-3-11-21(24)23-22-17-19-12-14-20(15-13-19)25-16-7-10-18-8-5-4-6-9-18/h4-6,8-9,12-15,17H,2-3,7,10-11,16H2,1H3,(H,23,24)/b22-17+. The van der Waals surface area contributed by atoms with Gasteiger partial charge in [0.25, 0.3) is 0 Å². The van der Waals surface area contributed by atoms with E-state index in [1.54, 1.807) is 6.21 Å². The van der Waals surface area contributed by atoms with Gasteiger partial charge in [-0.1, -0.05) is 43.7 Å². The number of carbonyl (C=O) groups excluding carboxylic acids is 1. The van der Waals surface area contributed by atoms with Gasteiger partial charge in [0.1, 0.15) is 5.75 Å². The summed E-state index contributed by atoms with van der Waals surface area (Å²) < 4.78 is 5.76. The topological polar surface area (TPSA) is 50.7 Å². The maximum absolute atomic E-state index is 11.5. The van der Waals surface area contributed by atoms with Crippen LogP contribution in [0.4, 0.5) is 0 Å². The minimum absolute atomic E-state index is 0.0449. The Kier molecular flexibility index (Phi) is 8.25. The highest BCUT2D eigenvalue weighted by atomic mass is 16.5. The first-order valence-corrected chi connectivity index (χ1v) is 8.86. The fourth-order valence-electron chi connectivity index (χ4n) is 2.33. The molecular weight excluding hydrogens is 312 g/mol. The van der Waals surface area contributed by atoms with E-state index < -0.39 is 0 Å². The molecule has 0 atom stereocenters. The van der Waals surface area contributed by atoms with Gasteiger partial charge in [-0.25, -0.2) is 5.43 Å². The Morgan fingerprint density at radius 3 is 2.56 bits per heavy atom. The van der Waals surface area contributed by atoms with Gasteiger partial charge in [0.15, 0.2) is 0 Å². The van der Waals surface area contributed by atoms with E-state index in [0.717, 1.165) is 37.0 Å². The van der Waals surface area contributed by atoms with Crippen LogP contribution in [-0.4, -0.2) is 18.7 Å². The van der Waals surface area contributed by atoms with E-state index in [-0.39, 0.29) is 5.91 Å². The van der Waals surface area contributed by atoms with E-state index in [0.29, 0.717) is 13.0 Å². The van der Waals surface area contributed by atoms with Crippen LogP contribution in [0.3, 0.4) is 0 Å². The minimum atomic E-state index is -0.0449. The fraction of sp³-hybridized carbons (Fsp3) is 0.333. The number of nitrogens with one attached hydrogen (secondary N) is 1. The molecule has 0 saturated carbocycles. The highest BCUT2D eigenvalue weighted by Gasteiger charge is 1.98. The van der Waals surface area contributed by atoms with Crippen molar-refractivity contribution in [3.63, 3.8) is 0 Å². The summed E-state index contributed by atoms with van der Waals surface area (Å²) in [5, 5.41) is 3.97. The van der Waals surface area contributed by atoms with Crippen molar-refractivity contribution in [1.82, 2.24) is 5.43 Å².